The van der Waals surface area contributed by atoms with E-state index in [1.807, 2.05) is 30.3 Å². The molecule has 3 nitrogen and oxygen atoms in total. The molecule has 1 saturated carbocycles. The zero-order valence-electron chi connectivity index (χ0n) is 12.8. The number of ether oxygens (including phenoxy) is 1. The maximum Gasteiger partial charge on any atom is 0.306 e. The number of carbonyl (C=O) groups is 1. The van der Waals surface area contributed by atoms with Gasteiger partial charge in [0.1, 0.15) is 5.75 Å². The van der Waals surface area contributed by atoms with Crippen LogP contribution in [0.25, 0.3) is 0 Å². The van der Waals surface area contributed by atoms with E-state index in [0.717, 1.165) is 37.9 Å². The van der Waals surface area contributed by atoms with Gasteiger partial charge in [0.2, 0.25) is 0 Å². The van der Waals surface area contributed by atoms with Gasteiger partial charge in [-0.2, -0.15) is 0 Å². The molecule has 0 saturated heterocycles. The van der Waals surface area contributed by atoms with Crippen LogP contribution in [0.1, 0.15) is 45.4 Å². The Hall–Kier alpha value is -1.51. The highest BCUT2D eigenvalue weighted by atomic mass is 16.5. The lowest BCUT2D eigenvalue weighted by Crippen LogP contribution is -2.30. The molecule has 1 fully saturated rings. The van der Waals surface area contributed by atoms with Crippen LogP contribution in [0.3, 0.4) is 0 Å². The van der Waals surface area contributed by atoms with Crippen molar-refractivity contribution in [2.45, 2.75) is 45.4 Å². The molecule has 1 aliphatic rings. The first kappa shape index (κ1) is 15.9. The molecular formula is C18H26O3. The van der Waals surface area contributed by atoms with Gasteiger partial charge < -0.3 is 9.84 Å². The average molecular weight is 290 g/mol. The second kappa shape index (κ2) is 8.06. The minimum absolute atomic E-state index is 0.149. The number of aliphatic carboxylic acids is 1. The standard InChI is InChI=1S/C18H26O3/c1-2-14-10-11-17(18(19)20)15(13-14)7-6-12-21-16-8-4-3-5-9-16/h3-5,8-9,14-15,17H,2,6-7,10-13H2,1H3,(H,19,20). The quantitative estimate of drug-likeness (QED) is 0.758. The average Bonchev–Trinajstić information content (AvgIpc) is 2.52. The number of rotatable bonds is 7. The smallest absolute Gasteiger partial charge is 0.306 e. The summed E-state index contributed by atoms with van der Waals surface area (Å²) in [6.07, 6.45) is 6.05. The summed E-state index contributed by atoms with van der Waals surface area (Å²) in [6, 6.07) is 9.80. The van der Waals surface area contributed by atoms with Crippen LogP contribution in [0.15, 0.2) is 30.3 Å². The van der Waals surface area contributed by atoms with Crippen LogP contribution in [0.5, 0.6) is 5.75 Å². The molecule has 0 bridgehead atoms. The Morgan fingerprint density at radius 2 is 2.05 bits per heavy atom. The molecule has 2 rings (SSSR count). The molecule has 3 atom stereocenters. The van der Waals surface area contributed by atoms with E-state index in [1.165, 1.54) is 6.42 Å². The van der Waals surface area contributed by atoms with Crippen molar-refractivity contribution < 1.29 is 14.6 Å². The molecule has 116 valence electrons. The molecule has 3 unspecified atom stereocenters. The zero-order chi connectivity index (χ0) is 15.1. The number of carboxylic acid groups (broad SMARTS) is 1. The number of benzene rings is 1. The second-order valence-electron chi connectivity index (χ2n) is 6.10. The molecule has 0 radical (unpaired) electrons. The maximum atomic E-state index is 11.4. The van der Waals surface area contributed by atoms with Gasteiger partial charge in [0.15, 0.2) is 0 Å². The van der Waals surface area contributed by atoms with Crippen molar-refractivity contribution in [1.29, 1.82) is 0 Å². The summed E-state index contributed by atoms with van der Waals surface area (Å²) < 4.78 is 5.70. The highest BCUT2D eigenvalue weighted by Gasteiger charge is 2.33. The lowest BCUT2D eigenvalue weighted by Gasteiger charge is -2.33. The first-order chi connectivity index (χ1) is 10.2. The van der Waals surface area contributed by atoms with E-state index >= 15 is 0 Å². The minimum atomic E-state index is -0.612. The Morgan fingerprint density at radius 1 is 1.29 bits per heavy atom. The van der Waals surface area contributed by atoms with Crippen molar-refractivity contribution in [2.75, 3.05) is 6.61 Å². The third kappa shape index (κ3) is 4.76. The SMILES string of the molecule is CCC1CCC(C(=O)O)C(CCCOc2ccccc2)C1. The van der Waals surface area contributed by atoms with Crippen molar-refractivity contribution in [3.8, 4) is 5.75 Å². The topological polar surface area (TPSA) is 46.5 Å². The molecule has 0 amide bonds. The summed E-state index contributed by atoms with van der Waals surface area (Å²) in [5, 5.41) is 9.37. The van der Waals surface area contributed by atoms with E-state index in [2.05, 4.69) is 6.92 Å². The van der Waals surface area contributed by atoms with Gasteiger partial charge in [-0.15, -0.1) is 0 Å². The van der Waals surface area contributed by atoms with E-state index in [-0.39, 0.29) is 5.92 Å². The molecule has 1 aromatic carbocycles. The summed E-state index contributed by atoms with van der Waals surface area (Å²) in [6.45, 7) is 2.88. The van der Waals surface area contributed by atoms with E-state index in [9.17, 15) is 9.90 Å². The van der Waals surface area contributed by atoms with Gasteiger partial charge in [-0.1, -0.05) is 31.5 Å². The van der Waals surface area contributed by atoms with Crippen molar-refractivity contribution in [1.82, 2.24) is 0 Å². The molecular weight excluding hydrogens is 264 g/mol. The summed E-state index contributed by atoms with van der Waals surface area (Å²) in [4.78, 5) is 11.4. The Kier molecular flexibility index (Phi) is 6.09. The summed E-state index contributed by atoms with van der Waals surface area (Å²) in [7, 11) is 0. The van der Waals surface area contributed by atoms with Crippen LogP contribution >= 0.6 is 0 Å². The molecule has 1 aliphatic carbocycles. The second-order valence-corrected chi connectivity index (χ2v) is 6.10. The lowest BCUT2D eigenvalue weighted by atomic mass is 9.71. The first-order valence-corrected chi connectivity index (χ1v) is 8.11. The van der Waals surface area contributed by atoms with E-state index < -0.39 is 5.97 Å². The minimum Gasteiger partial charge on any atom is -0.494 e. The molecule has 21 heavy (non-hydrogen) atoms. The van der Waals surface area contributed by atoms with Gasteiger partial charge in [0.05, 0.1) is 12.5 Å². The fraction of sp³-hybridized carbons (Fsp3) is 0.611. The van der Waals surface area contributed by atoms with Gasteiger partial charge in [-0.05, 0) is 56.1 Å². The Morgan fingerprint density at radius 3 is 2.71 bits per heavy atom. The highest BCUT2D eigenvalue weighted by molar-refractivity contribution is 5.70. The van der Waals surface area contributed by atoms with E-state index in [1.54, 1.807) is 0 Å². The van der Waals surface area contributed by atoms with Crippen LogP contribution in [-0.2, 0) is 4.79 Å². The van der Waals surface area contributed by atoms with Gasteiger partial charge in [0, 0.05) is 0 Å². The number of para-hydroxylation sites is 1. The fourth-order valence-corrected chi connectivity index (χ4v) is 3.43. The van der Waals surface area contributed by atoms with Crippen LogP contribution < -0.4 is 4.74 Å². The highest BCUT2D eigenvalue weighted by Crippen LogP contribution is 2.38. The number of carboxylic acids is 1. The molecule has 1 aromatic rings. The summed E-state index contributed by atoms with van der Waals surface area (Å²) in [5.41, 5.74) is 0. The summed E-state index contributed by atoms with van der Waals surface area (Å²) in [5.74, 6) is 1.16. The van der Waals surface area contributed by atoms with Crippen molar-refractivity contribution in [3.05, 3.63) is 30.3 Å². The van der Waals surface area contributed by atoms with Gasteiger partial charge >= 0.3 is 5.97 Å². The fourth-order valence-electron chi connectivity index (χ4n) is 3.43. The van der Waals surface area contributed by atoms with Crippen LogP contribution in [0.2, 0.25) is 0 Å². The maximum absolute atomic E-state index is 11.4. The Balaban J connectivity index is 1.77. The molecule has 0 aromatic heterocycles. The predicted octanol–water partition coefficient (Wildman–Crippen LogP) is 4.37. The molecule has 0 aliphatic heterocycles. The third-order valence-electron chi connectivity index (χ3n) is 4.72. The van der Waals surface area contributed by atoms with E-state index in [0.29, 0.717) is 18.4 Å². The number of hydrogen-bond donors (Lipinski definition) is 1. The monoisotopic (exact) mass is 290 g/mol. The molecule has 3 heteroatoms. The van der Waals surface area contributed by atoms with Gasteiger partial charge in [0.25, 0.3) is 0 Å². The van der Waals surface area contributed by atoms with Crippen molar-refractivity contribution >= 4 is 5.97 Å². The predicted molar refractivity (Wildman–Crippen MR) is 83.4 cm³/mol. The van der Waals surface area contributed by atoms with Crippen molar-refractivity contribution in [2.24, 2.45) is 17.8 Å². The molecule has 0 heterocycles. The van der Waals surface area contributed by atoms with Crippen LogP contribution in [0.4, 0.5) is 0 Å². The number of hydrogen-bond acceptors (Lipinski definition) is 2. The lowest BCUT2D eigenvalue weighted by molar-refractivity contribution is -0.145. The van der Waals surface area contributed by atoms with Crippen LogP contribution in [0, 0.1) is 17.8 Å². The van der Waals surface area contributed by atoms with E-state index in [4.69, 9.17) is 4.74 Å². The van der Waals surface area contributed by atoms with Crippen LogP contribution in [-0.4, -0.2) is 17.7 Å². The molecule has 1 N–H and O–H groups in total. The zero-order valence-corrected chi connectivity index (χ0v) is 12.8. The first-order valence-electron chi connectivity index (χ1n) is 8.11. The van der Waals surface area contributed by atoms with Crippen molar-refractivity contribution in [3.63, 3.8) is 0 Å². The Labute approximate surface area is 127 Å². The normalized spacial score (nSPS) is 25.5. The third-order valence-corrected chi connectivity index (χ3v) is 4.72. The largest absolute Gasteiger partial charge is 0.494 e. The van der Waals surface area contributed by atoms with Gasteiger partial charge in [-0.3, -0.25) is 4.79 Å². The molecule has 0 spiro atoms. The van der Waals surface area contributed by atoms with Gasteiger partial charge in [-0.25, -0.2) is 0 Å². The Bertz CT molecular complexity index is 429. The summed E-state index contributed by atoms with van der Waals surface area (Å²) >= 11 is 0.